The van der Waals surface area contributed by atoms with Gasteiger partial charge in [0.05, 0.1) is 25.2 Å². The minimum Gasteiger partial charge on any atom is -0.480 e. The standard InChI is InChI=1S/C28H43N3O7/c1-20(2)17-23(26(34)35)31(19-38-27(36)28(3,4)5)25(33)22(12-11-21-9-7-6-8-10-21)29-24(32)18-30-13-15-37-16-14-30/h6-10,20,22-23H,11-19H2,1-5H3,(H,29,32)(H,34,35)/t22-,23-/m0/s1. The molecule has 2 amide bonds. The average Bonchev–Trinajstić information content (AvgIpc) is 2.85. The van der Waals surface area contributed by atoms with Gasteiger partial charge < -0.3 is 19.9 Å². The SMILES string of the molecule is CC(C)C[C@@H](C(=O)O)N(COC(=O)C(C)(C)C)C(=O)[C@H](CCc1ccccc1)NC(=O)CN1CCOCC1. The van der Waals surface area contributed by atoms with Gasteiger partial charge in [0.15, 0.2) is 6.73 Å². The maximum Gasteiger partial charge on any atom is 0.326 e. The molecule has 1 aromatic carbocycles. The smallest absolute Gasteiger partial charge is 0.326 e. The second kappa shape index (κ2) is 14.8. The predicted octanol–water partition coefficient (Wildman–Crippen LogP) is 2.31. The highest BCUT2D eigenvalue weighted by Crippen LogP contribution is 2.19. The summed E-state index contributed by atoms with van der Waals surface area (Å²) in [6, 6.07) is 7.33. The maximum absolute atomic E-state index is 13.9. The Balaban J connectivity index is 2.30. The van der Waals surface area contributed by atoms with Crippen LogP contribution in [0.4, 0.5) is 0 Å². The van der Waals surface area contributed by atoms with Gasteiger partial charge in [0.1, 0.15) is 12.1 Å². The van der Waals surface area contributed by atoms with Gasteiger partial charge in [-0.2, -0.15) is 0 Å². The van der Waals surface area contributed by atoms with Gasteiger partial charge in [0, 0.05) is 13.1 Å². The largest absolute Gasteiger partial charge is 0.480 e. The highest BCUT2D eigenvalue weighted by Gasteiger charge is 2.36. The molecule has 38 heavy (non-hydrogen) atoms. The van der Waals surface area contributed by atoms with Crippen LogP contribution < -0.4 is 5.32 Å². The van der Waals surface area contributed by atoms with Gasteiger partial charge in [-0.05, 0) is 51.5 Å². The van der Waals surface area contributed by atoms with Gasteiger partial charge in [-0.1, -0.05) is 44.2 Å². The Morgan fingerprint density at radius 1 is 1.11 bits per heavy atom. The van der Waals surface area contributed by atoms with Crippen LogP contribution in [0.15, 0.2) is 30.3 Å². The summed E-state index contributed by atoms with van der Waals surface area (Å²) in [5, 5.41) is 12.8. The molecule has 1 heterocycles. The highest BCUT2D eigenvalue weighted by atomic mass is 16.5. The Labute approximate surface area is 225 Å². The Kier molecular flexibility index (Phi) is 12.2. The number of aryl methyl sites for hydroxylation is 1. The molecule has 212 valence electrons. The summed E-state index contributed by atoms with van der Waals surface area (Å²) in [5.74, 6) is -2.71. The zero-order chi connectivity index (χ0) is 28.3. The molecule has 1 fully saturated rings. The molecule has 2 rings (SSSR count). The van der Waals surface area contributed by atoms with Crippen molar-refractivity contribution in [3.63, 3.8) is 0 Å². The third kappa shape index (κ3) is 10.4. The van der Waals surface area contributed by atoms with Gasteiger partial charge in [0.2, 0.25) is 11.8 Å². The lowest BCUT2D eigenvalue weighted by Crippen LogP contribution is -2.56. The first kappa shape index (κ1) is 31.2. The number of amides is 2. The van der Waals surface area contributed by atoms with E-state index in [-0.39, 0.29) is 31.2 Å². The Bertz CT molecular complexity index is 924. The number of morpholine rings is 1. The first-order valence-electron chi connectivity index (χ1n) is 13.2. The van der Waals surface area contributed by atoms with Gasteiger partial charge in [-0.15, -0.1) is 0 Å². The molecule has 2 N–H and O–H groups in total. The zero-order valence-corrected chi connectivity index (χ0v) is 23.3. The fraction of sp³-hybridized carbons (Fsp3) is 0.643. The minimum atomic E-state index is -1.22. The maximum atomic E-state index is 13.9. The van der Waals surface area contributed by atoms with Gasteiger partial charge >= 0.3 is 11.9 Å². The average molecular weight is 534 g/mol. The topological polar surface area (TPSA) is 125 Å². The van der Waals surface area contributed by atoms with Crippen molar-refractivity contribution in [3.05, 3.63) is 35.9 Å². The fourth-order valence-electron chi connectivity index (χ4n) is 4.08. The number of ether oxygens (including phenoxy) is 2. The number of carboxylic acid groups (broad SMARTS) is 1. The Morgan fingerprint density at radius 3 is 2.29 bits per heavy atom. The third-order valence-electron chi connectivity index (χ3n) is 6.25. The second-order valence-corrected chi connectivity index (χ2v) is 11.1. The number of aliphatic carboxylic acids is 1. The van der Waals surface area contributed by atoms with E-state index < -0.39 is 42.1 Å². The van der Waals surface area contributed by atoms with E-state index >= 15 is 0 Å². The van der Waals surface area contributed by atoms with E-state index in [1.54, 1.807) is 20.8 Å². The number of nitrogens with one attached hydrogen (secondary N) is 1. The quantitative estimate of drug-likeness (QED) is 0.292. The summed E-state index contributed by atoms with van der Waals surface area (Å²) in [4.78, 5) is 54.7. The minimum absolute atomic E-state index is 0.0385. The number of carbonyl (C=O) groups excluding carboxylic acids is 3. The van der Waals surface area contributed by atoms with E-state index in [1.807, 2.05) is 49.1 Å². The number of rotatable bonds is 13. The Hall–Kier alpha value is -2.98. The third-order valence-corrected chi connectivity index (χ3v) is 6.25. The van der Waals surface area contributed by atoms with E-state index in [2.05, 4.69) is 5.32 Å². The van der Waals surface area contributed by atoms with Crippen molar-refractivity contribution < 1.29 is 33.8 Å². The molecule has 0 aliphatic carbocycles. The van der Waals surface area contributed by atoms with Crippen LogP contribution in [0.5, 0.6) is 0 Å². The lowest BCUT2D eigenvalue weighted by molar-refractivity contribution is -0.169. The first-order valence-corrected chi connectivity index (χ1v) is 13.2. The van der Waals surface area contributed by atoms with Crippen LogP contribution in [0.3, 0.4) is 0 Å². The molecule has 1 saturated heterocycles. The van der Waals surface area contributed by atoms with Gasteiger partial charge in [0.25, 0.3) is 0 Å². The van der Waals surface area contributed by atoms with Crippen molar-refractivity contribution >= 4 is 23.8 Å². The zero-order valence-electron chi connectivity index (χ0n) is 23.3. The van der Waals surface area contributed by atoms with Crippen LogP contribution in [0.25, 0.3) is 0 Å². The number of hydrogen-bond acceptors (Lipinski definition) is 7. The summed E-state index contributed by atoms with van der Waals surface area (Å²) in [7, 11) is 0. The van der Waals surface area contributed by atoms with E-state index in [1.165, 1.54) is 0 Å². The molecular weight excluding hydrogens is 490 g/mol. The molecule has 0 spiro atoms. The Morgan fingerprint density at radius 2 is 1.74 bits per heavy atom. The summed E-state index contributed by atoms with van der Waals surface area (Å²) in [6.07, 6.45) is 0.920. The molecule has 0 radical (unpaired) electrons. The number of nitrogens with zero attached hydrogens (tertiary/aromatic N) is 2. The molecule has 0 unspecified atom stereocenters. The second-order valence-electron chi connectivity index (χ2n) is 11.1. The molecule has 10 nitrogen and oxygen atoms in total. The number of esters is 1. The molecule has 1 aliphatic rings. The first-order chi connectivity index (χ1) is 17.9. The highest BCUT2D eigenvalue weighted by molar-refractivity contribution is 5.91. The van der Waals surface area contributed by atoms with Crippen LogP contribution in [0.1, 0.15) is 53.0 Å². The molecule has 10 heteroatoms. The van der Waals surface area contributed by atoms with E-state index in [9.17, 15) is 24.3 Å². The van der Waals surface area contributed by atoms with Gasteiger partial charge in [-0.3, -0.25) is 24.2 Å². The molecule has 0 bridgehead atoms. The lowest BCUT2D eigenvalue weighted by Gasteiger charge is -2.34. The van der Waals surface area contributed by atoms with Gasteiger partial charge in [-0.25, -0.2) is 4.79 Å². The molecular formula is C28H43N3O7. The summed E-state index contributed by atoms with van der Waals surface area (Å²) < 4.78 is 10.7. The molecule has 0 aromatic heterocycles. The number of benzene rings is 1. The predicted molar refractivity (Wildman–Crippen MR) is 142 cm³/mol. The fourth-order valence-corrected chi connectivity index (χ4v) is 4.08. The number of carbonyl (C=O) groups is 4. The van der Waals surface area contributed by atoms with Crippen molar-refractivity contribution in [2.75, 3.05) is 39.6 Å². The molecule has 1 aromatic rings. The van der Waals surface area contributed by atoms with Crippen LogP contribution in [0, 0.1) is 11.3 Å². The lowest BCUT2D eigenvalue weighted by atomic mass is 9.97. The summed E-state index contributed by atoms with van der Waals surface area (Å²) in [5.41, 5.74) is 0.153. The summed E-state index contributed by atoms with van der Waals surface area (Å²) in [6.45, 7) is 10.6. The summed E-state index contributed by atoms with van der Waals surface area (Å²) >= 11 is 0. The van der Waals surface area contributed by atoms with Crippen LogP contribution in [-0.4, -0.2) is 90.3 Å². The van der Waals surface area contributed by atoms with E-state index in [4.69, 9.17) is 9.47 Å². The van der Waals surface area contributed by atoms with Crippen LogP contribution in [-0.2, 0) is 35.1 Å². The van der Waals surface area contributed by atoms with Crippen molar-refractivity contribution in [2.45, 2.75) is 66.0 Å². The van der Waals surface area contributed by atoms with Crippen molar-refractivity contribution in [1.82, 2.24) is 15.1 Å². The number of hydrogen-bond donors (Lipinski definition) is 2. The number of carboxylic acids is 1. The van der Waals surface area contributed by atoms with Crippen LogP contribution >= 0.6 is 0 Å². The molecule has 0 saturated carbocycles. The van der Waals surface area contributed by atoms with E-state index in [0.717, 1.165) is 10.5 Å². The van der Waals surface area contributed by atoms with E-state index in [0.29, 0.717) is 32.7 Å². The van der Waals surface area contributed by atoms with Crippen molar-refractivity contribution in [1.29, 1.82) is 0 Å². The molecule has 2 atom stereocenters. The van der Waals surface area contributed by atoms with Crippen molar-refractivity contribution in [2.24, 2.45) is 11.3 Å². The van der Waals surface area contributed by atoms with Crippen molar-refractivity contribution in [3.8, 4) is 0 Å². The monoisotopic (exact) mass is 533 g/mol. The van der Waals surface area contributed by atoms with Crippen LogP contribution in [0.2, 0.25) is 0 Å². The normalized spacial score (nSPS) is 15.9. The molecule has 1 aliphatic heterocycles.